The highest BCUT2D eigenvalue weighted by molar-refractivity contribution is 7.00. The maximum atomic E-state index is 9.11. The van der Waals surface area contributed by atoms with Crippen LogP contribution < -0.4 is 26.2 Å². The number of aryl methyl sites for hydroxylation is 2. The molecule has 2 heterocycles. The van der Waals surface area contributed by atoms with Crippen LogP contribution >= 0.6 is 0 Å². The molecule has 7 aromatic rings. The summed E-state index contributed by atoms with van der Waals surface area (Å²) >= 11 is 0. The Kier molecular flexibility index (Phi) is 8.06. The van der Waals surface area contributed by atoms with E-state index in [9.17, 15) is 0 Å². The van der Waals surface area contributed by atoms with E-state index in [0.717, 1.165) is 93.1 Å². The van der Waals surface area contributed by atoms with Gasteiger partial charge in [0, 0.05) is 38.2 Å². The van der Waals surface area contributed by atoms with Crippen molar-refractivity contribution in [3.8, 4) is 22.3 Å². The SMILES string of the molecule is [2H]C([2H])([2H])c1cc2c3c(c1)N(c1ccc(-c4ccccc4)cc1C)c1cc(-c4ccccc4)ccc1B3c1cc3c(cc1N2c1ccc2c(c1)C(C)(C)CCC2(C)C)C(C)(C)CCC3(C)C. The third kappa shape index (κ3) is 6.20. The third-order valence-electron chi connectivity index (χ3n) is 15.8. The largest absolute Gasteiger partial charge is 0.311 e. The summed E-state index contributed by atoms with van der Waals surface area (Å²) < 4.78 is 27.3. The molecule has 0 atom stereocenters. The molecule has 314 valence electrons. The van der Waals surface area contributed by atoms with Crippen molar-refractivity contribution in [2.24, 2.45) is 0 Å². The first kappa shape index (κ1) is 36.7. The molecule has 4 aliphatic rings. The fourth-order valence-electron chi connectivity index (χ4n) is 11.8. The summed E-state index contributed by atoms with van der Waals surface area (Å²) in [6, 6.07) is 51.2. The van der Waals surface area contributed by atoms with Crippen LogP contribution in [0.25, 0.3) is 22.3 Å². The minimum Gasteiger partial charge on any atom is -0.311 e. The summed E-state index contributed by atoms with van der Waals surface area (Å²) in [5, 5.41) is 0. The number of nitrogens with zero attached hydrogens (tertiary/aromatic N) is 2. The zero-order chi connectivity index (χ0) is 46.3. The van der Waals surface area contributed by atoms with Crippen LogP contribution in [0.15, 0.2) is 140 Å². The van der Waals surface area contributed by atoms with E-state index in [2.05, 4.69) is 200 Å². The van der Waals surface area contributed by atoms with Crippen molar-refractivity contribution < 1.29 is 4.11 Å². The van der Waals surface area contributed by atoms with Crippen molar-refractivity contribution in [3.63, 3.8) is 0 Å². The lowest BCUT2D eigenvalue weighted by Gasteiger charge is -2.48. The Bertz CT molecular complexity index is 3110. The van der Waals surface area contributed by atoms with Crippen LogP contribution in [0.4, 0.5) is 34.1 Å². The second-order valence-corrected chi connectivity index (χ2v) is 21.8. The molecule has 2 aliphatic carbocycles. The summed E-state index contributed by atoms with van der Waals surface area (Å²) in [4.78, 5) is 4.85. The third-order valence-corrected chi connectivity index (χ3v) is 15.8. The Morgan fingerprint density at radius 3 is 1.56 bits per heavy atom. The van der Waals surface area contributed by atoms with Crippen LogP contribution in [0, 0.1) is 13.8 Å². The maximum Gasteiger partial charge on any atom is 0.252 e. The Hall–Kier alpha value is -5.80. The van der Waals surface area contributed by atoms with Crippen LogP contribution in [0.5, 0.6) is 0 Å². The zero-order valence-electron chi connectivity index (χ0n) is 41.6. The molecule has 0 unspecified atom stereocenters. The molecule has 0 amide bonds. The Morgan fingerprint density at radius 1 is 0.429 bits per heavy atom. The van der Waals surface area contributed by atoms with Crippen LogP contribution in [0.2, 0.25) is 0 Å². The zero-order valence-corrected chi connectivity index (χ0v) is 38.6. The predicted molar refractivity (Wildman–Crippen MR) is 271 cm³/mol. The monoisotopic (exact) mass is 824 g/mol. The summed E-state index contributed by atoms with van der Waals surface area (Å²) in [5.41, 5.74) is 21.5. The van der Waals surface area contributed by atoms with Crippen LogP contribution in [-0.4, -0.2) is 6.71 Å². The average molecular weight is 824 g/mol. The second kappa shape index (κ2) is 13.9. The number of hydrogen-bond donors (Lipinski definition) is 0. The lowest BCUT2D eigenvalue weighted by atomic mass is 9.33. The van der Waals surface area contributed by atoms with E-state index in [1.165, 1.54) is 33.2 Å². The molecule has 0 aromatic heterocycles. The number of benzene rings is 7. The molecule has 3 heteroatoms. The molecule has 63 heavy (non-hydrogen) atoms. The molecule has 11 rings (SSSR count). The van der Waals surface area contributed by atoms with E-state index in [1.54, 1.807) is 0 Å². The maximum absolute atomic E-state index is 9.11. The van der Waals surface area contributed by atoms with Crippen molar-refractivity contribution >= 4 is 57.2 Å². The van der Waals surface area contributed by atoms with E-state index in [1.807, 2.05) is 12.1 Å². The number of anilines is 6. The molecule has 0 spiro atoms. The minimum atomic E-state index is -2.36. The average Bonchev–Trinajstić information content (AvgIpc) is 3.29. The smallest absolute Gasteiger partial charge is 0.252 e. The van der Waals surface area contributed by atoms with Crippen LogP contribution in [0.1, 0.15) is 119 Å². The fourth-order valence-corrected chi connectivity index (χ4v) is 11.8. The van der Waals surface area contributed by atoms with Gasteiger partial charge in [0.05, 0.1) is 0 Å². The highest BCUT2D eigenvalue weighted by Gasteiger charge is 2.47. The first-order valence-electron chi connectivity index (χ1n) is 24.7. The van der Waals surface area contributed by atoms with Crippen molar-refractivity contribution in [1.82, 2.24) is 0 Å². The number of rotatable bonds is 4. The van der Waals surface area contributed by atoms with Crippen molar-refractivity contribution in [2.45, 2.75) is 117 Å². The normalized spacial score (nSPS) is 19.1. The molecule has 2 nitrogen and oxygen atoms in total. The van der Waals surface area contributed by atoms with Gasteiger partial charge in [-0.05, 0) is 182 Å². The molecular weight excluding hydrogens is 759 g/mol. The molecular formula is C60H61BN2. The molecule has 0 saturated heterocycles. The van der Waals surface area contributed by atoms with E-state index >= 15 is 0 Å². The number of hydrogen-bond acceptors (Lipinski definition) is 2. The van der Waals surface area contributed by atoms with Gasteiger partial charge >= 0.3 is 0 Å². The van der Waals surface area contributed by atoms with Gasteiger partial charge in [0.2, 0.25) is 0 Å². The first-order valence-corrected chi connectivity index (χ1v) is 23.2. The minimum absolute atomic E-state index is 0.0144. The molecule has 0 bridgehead atoms. The molecule has 0 saturated carbocycles. The molecule has 7 aromatic carbocycles. The van der Waals surface area contributed by atoms with E-state index in [0.29, 0.717) is 5.56 Å². The van der Waals surface area contributed by atoms with Gasteiger partial charge in [0.15, 0.2) is 0 Å². The summed E-state index contributed by atoms with van der Waals surface area (Å²) in [6.45, 7) is 18.9. The molecule has 0 N–H and O–H groups in total. The van der Waals surface area contributed by atoms with Gasteiger partial charge in [-0.1, -0.05) is 146 Å². The highest BCUT2D eigenvalue weighted by atomic mass is 15.2. The molecule has 0 radical (unpaired) electrons. The van der Waals surface area contributed by atoms with Crippen LogP contribution in [-0.2, 0) is 21.7 Å². The highest BCUT2D eigenvalue weighted by Crippen LogP contribution is 2.53. The van der Waals surface area contributed by atoms with Gasteiger partial charge < -0.3 is 9.80 Å². The van der Waals surface area contributed by atoms with Gasteiger partial charge in [-0.2, -0.15) is 0 Å². The van der Waals surface area contributed by atoms with Crippen molar-refractivity contribution in [1.29, 1.82) is 0 Å². The second-order valence-electron chi connectivity index (χ2n) is 21.8. The summed E-state index contributed by atoms with van der Waals surface area (Å²) in [7, 11) is 0. The quantitative estimate of drug-likeness (QED) is 0.163. The van der Waals surface area contributed by atoms with Crippen LogP contribution in [0.3, 0.4) is 0 Å². The lowest BCUT2D eigenvalue weighted by Crippen LogP contribution is -2.62. The Morgan fingerprint density at radius 2 is 0.952 bits per heavy atom. The van der Waals surface area contributed by atoms with Gasteiger partial charge in [-0.15, -0.1) is 0 Å². The topological polar surface area (TPSA) is 6.48 Å². The van der Waals surface area contributed by atoms with Gasteiger partial charge in [-0.25, -0.2) is 0 Å². The first-order chi connectivity index (χ1) is 31.2. The van der Waals surface area contributed by atoms with E-state index in [-0.39, 0.29) is 28.4 Å². The van der Waals surface area contributed by atoms with Gasteiger partial charge in [0.1, 0.15) is 0 Å². The van der Waals surface area contributed by atoms with Crippen molar-refractivity contribution in [3.05, 3.63) is 173 Å². The summed E-state index contributed by atoms with van der Waals surface area (Å²) in [6.07, 6.45) is 4.46. The standard InChI is InChI=1S/C60H61BN2/c1-38-31-54-56-55(32-38)63(51-26-22-42(33-39(51)2)40-17-13-11-14-18-40)52-34-43(41-19-15-12-16-20-41)21-25-49(52)61(56)50-36-47-48(60(9,10)30-29-59(47,7)8)37-53(50)62(54)44-23-24-45-46(35-44)58(5,6)28-27-57(45,3)4/h11-26,31-37H,27-30H2,1-10H3/i1D3. The van der Waals surface area contributed by atoms with Gasteiger partial charge in [0.25, 0.3) is 6.71 Å². The van der Waals surface area contributed by atoms with E-state index < -0.39 is 6.85 Å². The number of fused-ring (bicyclic) bond motifs is 6. The van der Waals surface area contributed by atoms with E-state index in [4.69, 9.17) is 4.11 Å². The molecule has 0 fully saturated rings. The fraction of sp³-hybridized carbons (Fsp3) is 0.300. The van der Waals surface area contributed by atoms with Crippen molar-refractivity contribution in [2.75, 3.05) is 9.80 Å². The predicted octanol–water partition coefficient (Wildman–Crippen LogP) is 14.4. The molecule has 2 aliphatic heterocycles. The van der Waals surface area contributed by atoms with Gasteiger partial charge in [-0.3, -0.25) is 0 Å². The summed E-state index contributed by atoms with van der Waals surface area (Å²) in [5.74, 6) is 0. The Labute approximate surface area is 381 Å². The Balaban J connectivity index is 1.26. The lowest BCUT2D eigenvalue weighted by molar-refractivity contribution is 0.332.